The van der Waals surface area contributed by atoms with Crippen LogP contribution in [0.3, 0.4) is 0 Å². The molecule has 0 N–H and O–H groups in total. The summed E-state index contributed by atoms with van der Waals surface area (Å²) in [5, 5.41) is 0. The van der Waals surface area contributed by atoms with Crippen LogP contribution in [-0.4, -0.2) is 0 Å². The molecule has 0 fully saturated rings. The molecule has 104 valence electrons. The van der Waals surface area contributed by atoms with Gasteiger partial charge in [-0.2, -0.15) is 0 Å². The van der Waals surface area contributed by atoms with E-state index in [2.05, 4.69) is 43.3 Å². The van der Waals surface area contributed by atoms with Crippen LogP contribution in [0.15, 0.2) is 84.9 Å². The number of rotatable bonds is 4. The first-order valence-electron chi connectivity index (χ1n) is 7.21. The molecule has 1 atom stereocenters. The van der Waals surface area contributed by atoms with Crippen molar-refractivity contribution in [3.63, 3.8) is 0 Å². The van der Waals surface area contributed by atoms with Crippen LogP contribution in [0.1, 0.15) is 24.0 Å². The van der Waals surface area contributed by atoms with Crippen LogP contribution >= 0.6 is 0 Å². The summed E-state index contributed by atoms with van der Waals surface area (Å²) in [6, 6.07) is 28.7. The van der Waals surface area contributed by atoms with E-state index in [-0.39, 0.29) is 0 Å². The minimum absolute atomic E-state index is 0.352. The highest BCUT2D eigenvalue weighted by Gasteiger charge is 2.09. The van der Waals surface area contributed by atoms with Crippen molar-refractivity contribution in [2.24, 2.45) is 0 Å². The largest absolute Gasteiger partial charge is 0.457 e. The molecule has 0 bridgehead atoms. The SMILES string of the molecule is CC(c1ccccc1)c1cccc(Oc2ccccc2)c1. The Morgan fingerprint density at radius 3 is 1.90 bits per heavy atom. The van der Waals surface area contributed by atoms with Gasteiger partial charge in [0, 0.05) is 5.92 Å². The van der Waals surface area contributed by atoms with Crippen molar-refractivity contribution in [2.75, 3.05) is 0 Å². The van der Waals surface area contributed by atoms with E-state index in [1.54, 1.807) is 0 Å². The zero-order chi connectivity index (χ0) is 14.5. The van der Waals surface area contributed by atoms with E-state index >= 15 is 0 Å². The highest BCUT2D eigenvalue weighted by molar-refractivity contribution is 5.38. The molecule has 0 aliphatic rings. The Labute approximate surface area is 125 Å². The summed E-state index contributed by atoms with van der Waals surface area (Å²) >= 11 is 0. The van der Waals surface area contributed by atoms with Gasteiger partial charge in [-0.3, -0.25) is 0 Å². The topological polar surface area (TPSA) is 9.23 Å². The van der Waals surface area contributed by atoms with Crippen molar-refractivity contribution in [1.29, 1.82) is 0 Å². The predicted molar refractivity (Wildman–Crippen MR) is 86.9 cm³/mol. The van der Waals surface area contributed by atoms with E-state index in [1.807, 2.05) is 48.5 Å². The Hall–Kier alpha value is -2.54. The van der Waals surface area contributed by atoms with E-state index < -0.39 is 0 Å². The minimum Gasteiger partial charge on any atom is -0.457 e. The second-order valence-corrected chi connectivity index (χ2v) is 5.12. The Bertz CT molecular complexity index is 689. The lowest BCUT2D eigenvalue weighted by Gasteiger charge is -2.14. The molecule has 1 heteroatoms. The molecule has 1 unspecified atom stereocenters. The first-order chi connectivity index (χ1) is 10.3. The van der Waals surface area contributed by atoms with Crippen LogP contribution in [0.4, 0.5) is 0 Å². The molecular weight excluding hydrogens is 256 g/mol. The number of para-hydroxylation sites is 1. The fraction of sp³-hybridized carbons (Fsp3) is 0.100. The summed E-state index contributed by atoms with van der Waals surface area (Å²) < 4.78 is 5.91. The van der Waals surface area contributed by atoms with E-state index in [0.29, 0.717) is 5.92 Å². The number of hydrogen-bond acceptors (Lipinski definition) is 1. The van der Waals surface area contributed by atoms with Crippen LogP contribution < -0.4 is 4.74 Å². The second-order valence-electron chi connectivity index (χ2n) is 5.12. The van der Waals surface area contributed by atoms with Crippen LogP contribution in [0.5, 0.6) is 11.5 Å². The molecule has 0 amide bonds. The maximum absolute atomic E-state index is 5.91. The van der Waals surface area contributed by atoms with E-state index in [1.165, 1.54) is 11.1 Å². The summed E-state index contributed by atoms with van der Waals surface area (Å²) in [4.78, 5) is 0. The lowest BCUT2D eigenvalue weighted by Crippen LogP contribution is -1.96. The fourth-order valence-electron chi connectivity index (χ4n) is 2.41. The van der Waals surface area contributed by atoms with Gasteiger partial charge in [0.1, 0.15) is 11.5 Å². The fourth-order valence-corrected chi connectivity index (χ4v) is 2.41. The molecular formula is C20H18O. The van der Waals surface area contributed by atoms with Crippen molar-refractivity contribution in [3.05, 3.63) is 96.1 Å². The average molecular weight is 274 g/mol. The van der Waals surface area contributed by atoms with Crippen molar-refractivity contribution in [3.8, 4) is 11.5 Å². The molecule has 1 nitrogen and oxygen atoms in total. The lowest BCUT2D eigenvalue weighted by molar-refractivity contribution is 0.482. The molecule has 0 saturated carbocycles. The highest BCUT2D eigenvalue weighted by Crippen LogP contribution is 2.28. The Balaban J connectivity index is 1.83. The van der Waals surface area contributed by atoms with Crippen molar-refractivity contribution >= 4 is 0 Å². The van der Waals surface area contributed by atoms with Crippen molar-refractivity contribution < 1.29 is 4.74 Å². The molecule has 0 aliphatic heterocycles. The third-order valence-corrected chi connectivity index (χ3v) is 3.64. The lowest BCUT2D eigenvalue weighted by atomic mass is 9.93. The highest BCUT2D eigenvalue weighted by atomic mass is 16.5. The number of ether oxygens (including phenoxy) is 1. The quantitative estimate of drug-likeness (QED) is 0.599. The van der Waals surface area contributed by atoms with E-state index in [9.17, 15) is 0 Å². The first kappa shape index (κ1) is 13.4. The van der Waals surface area contributed by atoms with E-state index in [0.717, 1.165) is 11.5 Å². The predicted octanol–water partition coefficient (Wildman–Crippen LogP) is 5.63. The third kappa shape index (κ3) is 3.32. The molecule has 0 aromatic heterocycles. The molecule has 0 aliphatic carbocycles. The Morgan fingerprint density at radius 1 is 0.619 bits per heavy atom. The molecule has 0 radical (unpaired) electrons. The average Bonchev–Trinajstić information content (AvgIpc) is 2.56. The number of benzene rings is 3. The molecule has 21 heavy (non-hydrogen) atoms. The maximum atomic E-state index is 5.91. The first-order valence-corrected chi connectivity index (χ1v) is 7.21. The molecule has 0 saturated heterocycles. The molecule has 3 rings (SSSR count). The Morgan fingerprint density at radius 2 is 1.19 bits per heavy atom. The molecule has 0 spiro atoms. The minimum atomic E-state index is 0.352. The van der Waals surface area contributed by atoms with Gasteiger partial charge in [0.05, 0.1) is 0 Å². The van der Waals surface area contributed by atoms with Crippen LogP contribution in [-0.2, 0) is 0 Å². The van der Waals surface area contributed by atoms with Crippen molar-refractivity contribution in [2.45, 2.75) is 12.8 Å². The van der Waals surface area contributed by atoms with Crippen molar-refractivity contribution in [1.82, 2.24) is 0 Å². The zero-order valence-electron chi connectivity index (χ0n) is 12.1. The van der Waals surface area contributed by atoms with Gasteiger partial charge in [0.25, 0.3) is 0 Å². The number of hydrogen-bond donors (Lipinski definition) is 0. The summed E-state index contributed by atoms with van der Waals surface area (Å²) in [6.07, 6.45) is 0. The summed E-state index contributed by atoms with van der Waals surface area (Å²) in [6.45, 7) is 2.22. The van der Waals surface area contributed by atoms with Gasteiger partial charge in [-0.15, -0.1) is 0 Å². The Kier molecular flexibility index (Phi) is 4.02. The molecule has 0 heterocycles. The van der Waals surface area contributed by atoms with E-state index in [4.69, 9.17) is 4.74 Å². The summed E-state index contributed by atoms with van der Waals surface area (Å²) in [5.74, 6) is 2.09. The smallest absolute Gasteiger partial charge is 0.127 e. The standard InChI is InChI=1S/C20H18O/c1-16(17-9-4-2-5-10-17)18-11-8-14-20(15-18)21-19-12-6-3-7-13-19/h2-16H,1H3. The third-order valence-electron chi connectivity index (χ3n) is 3.64. The van der Waals surface area contributed by atoms with Gasteiger partial charge in [-0.25, -0.2) is 0 Å². The zero-order valence-corrected chi connectivity index (χ0v) is 12.1. The van der Waals surface area contributed by atoms with Crippen LogP contribution in [0.25, 0.3) is 0 Å². The van der Waals surface area contributed by atoms with Gasteiger partial charge >= 0.3 is 0 Å². The molecule has 3 aromatic rings. The van der Waals surface area contributed by atoms with Crippen LogP contribution in [0.2, 0.25) is 0 Å². The maximum Gasteiger partial charge on any atom is 0.127 e. The summed E-state index contributed by atoms with van der Waals surface area (Å²) in [7, 11) is 0. The van der Waals surface area contributed by atoms with Gasteiger partial charge in [0.15, 0.2) is 0 Å². The van der Waals surface area contributed by atoms with Gasteiger partial charge in [-0.05, 0) is 35.4 Å². The van der Waals surface area contributed by atoms with Gasteiger partial charge < -0.3 is 4.74 Å². The van der Waals surface area contributed by atoms with Crippen LogP contribution in [0, 0.1) is 0 Å². The summed E-state index contributed by atoms with van der Waals surface area (Å²) in [5.41, 5.74) is 2.57. The second kappa shape index (κ2) is 6.27. The van der Waals surface area contributed by atoms with Gasteiger partial charge in [0.2, 0.25) is 0 Å². The monoisotopic (exact) mass is 274 g/mol. The molecule has 3 aromatic carbocycles. The normalized spacial score (nSPS) is 11.9. The van der Waals surface area contributed by atoms with Gasteiger partial charge in [-0.1, -0.05) is 67.6 Å².